The average molecular weight is 424 g/mol. The van der Waals surface area contributed by atoms with Crippen molar-refractivity contribution in [3.8, 4) is 5.75 Å². The summed E-state index contributed by atoms with van der Waals surface area (Å²) in [5, 5.41) is 18.3. The van der Waals surface area contributed by atoms with Crippen LogP contribution in [-0.2, 0) is 0 Å². The van der Waals surface area contributed by atoms with Crippen LogP contribution in [-0.4, -0.2) is 34.9 Å². The molecule has 0 saturated heterocycles. The number of hydrogen-bond donors (Lipinski definition) is 1. The molecule has 2 aliphatic carbocycles. The van der Waals surface area contributed by atoms with E-state index >= 15 is 0 Å². The molecule has 1 aromatic heterocycles. The summed E-state index contributed by atoms with van der Waals surface area (Å²) in [4.78, 5) is 17.2. The van der Waals surface area contributed by atoms with Crippen molar-refractivity contribution in [2.24, 2.45) is 26.6 Å². The van der Waals surface area contributed by atoms with Gasteiger partial charge in [-0.05, 0) is 55.4 Å². The smallest absolute Gasteiger partial charge is 0.422 e. The molecule has 8 nitrogen and oxygen atoms in total. The second-order valence-electron chi connectivity index (χ2n) is 8.62. The van der Waals surface area contributed by atoms with Gasteiger partial charge in [-0.15, -0.1) is 10.2 Å². The summed E-state index contributed by atoms with van der Waals surface area (Å²) in [6, 6.07) is 1.28. The van der Waals surface area contributed by atoms with E-state index in [0.717, 1.165) is 25.7 Å². The Bertz CT molecular complexity index is 883. The van der Waals surface area contributed by atoms with Crippen molar-refractivity contribution >= 4 is 5.91 Å². The van der Waals surface area contributed by atoms with Gasteiger partial charge < -0.3 is 10.1 Å². The van der Waals surface area contributed by atoms with Gasteiger partial charge in [0.15, 0.2) is 6.61 Å². The maximum atomic E-state index is 13.0. The van der Waals surface area contributed by atoms with Gasteiger partial charge in [0.2, 0.25) is 5.66 Å². The van der Waals surface area contributed by atoms with Gasteiger partial charge in [-0.1, -0.05) is 12.8 Å². The van der Waals surface area contributed by atoms with E-state index in [0.29, 0.717) is 17.9 Å². The fraction of sp³-hybridized carbons (Fsp3) is 0.684. The lowest BCUT2D eigenvalue weighted by atomic mass is 9.82. The Hall–Kier alpha value is -2.59. The number of carbonyl (C=O) groups is 1. The molecule has 162 valence electrons. The van der Waals surface area contributed by atoms with Crippen LogP contribution in [0.15, 0.2) is 32.9 Å². The van der Waals surface area contributed by atoms with Crippen LogP contribution in [0, 0.1) is 5.92 Å². The lowest BCUT2D eigenvalue weighted by Crippen LogP contribution is -2.59. The Morgan fingerprint density at radius 1 is 1.23 bits per heavy atom. The molecule has 30 heavy (non-hydrogen) atoms. The van der Waals surface area contributed by atoms with Crippen LogP contribution in [0.5, 0.6) is 5.75 Å². The summed E-state index contributed by atoms with van der Waals surface area (Å²) in [5.41, 5.74) is -1.36. The number of rotatable bonds is 8. The first kappa shape index (κ1) is 20.7. The van der Waals surface area contributed by atoms with Crippen molar-refractivity contribution in [1.29, 1.82) is 0 Å². The normalized spacial score (nSPS) is 22.0. The molecule has 1 aliphatic heterocycles. The number of nitrogens with one attached hydrogen (secondary N) is 1. The zero-order valence-electron chi connectivity index (χ0n) is 16.7. The first-order valence-corrected chi connectivity index (χ1v) is 9.95. The highest BCUT2D eigenvalue weighted by atomic mass is 19.4. The number of amides is 1. The van der Waals surface area contributed by atoms with E-state index in [1.807, 2.05) is 6.92 Å². The summed E-state index contributed by atoms with van der Waals surface area (Å²) in [7, 11) is 0. The highest BCUT2D eigenvalue weighted by Gasteiger charge is 2.51. The fourth-order valence-corrected chi connectivity index (χ4v) is 3.59. The minimum Gasteiger partial charge on any atom is -0.484 e. The van der Waals surface area contributed by atoms with Crippen LogP contribution < -0.4 is 10.1 Å². The Morgan fingerprint density at radius 2 is 1.90 bits per heavy atom. The summed E-state index contributed by atoms with van der Waals surface area (Å²) in [5.74, 6) is 0.0754. The molecule has 2 saturated carbocycles. The Morgan fingerprint density at radius 3 is 2.47 bits per heavy atom. The van der Waals surface area contributed by atoms with E-state index in [2.05, 4.69) is 31.0 Å². The SMILES string of the molecule is CC1([C@@](C)(CC2CC2)NC(=O)c2cc(OCC(F)(F)F)c(C3CC3)cn2)N=NN=N1. The number of pyridine rings is 1. The van der Waals surface area contributed by atoms with Crippen molar-refractivity contribution in [2.75, 3.05) is 6.61 Å². The number of aromatic nitrogens is 1. The van der Waals surface area contributed by atoms with Crippen LogP contribution in [0.2, 0.25) is 0 Å². The Labute approximate surface area is 171 Å². The molecule has 11 heteroatoms. The molecular formula is C19H23F3N6O2. The minimum absolute atomic E-state index is 0.0194. The van der Waals surface area contributed by atoms with Crippen molar-refractivity contribution in [1.82, 2.24) is 10.3 Å². The molecule has 1 N–H and O–H groups in total. The van der Waals surface area contributed by atoms with Crippen LogP contribution >= 0.6 is 0 Å². The lowest BCUT2D eigenvalue weighted by Gasteiger charge is -2.38. The molecule has 1 atom stereocenters. The Balaban J connectivity index is 1.57. The summed E-state index contributed by atoms with van der Waals surface area (Å²) < 4.78 is 43.0. The predicted molar refractivity (Wildman–Crippen MR) is 99.1 cm³/mol. The van der Waals surface area contributed by atoms with Gasteiger partial charge in [0, 0.05) is 17.8 Å². The van der Waals surface area contributed by atoms with Crippen molar-refractivity contribution < 1.29 is 22.7 Å². The molecule has 0 spiro atoms. The fourth-order valence-electron chi connectivity index (χ4n) is 3.59. The molecule has 4 rings (SSSR count). The zero-order chi connectivity index (χ0) is 21.6. The van der Waals surface area contributed by atoms with Crippen LogP contribution in [0.4, 0.5) is 13.2 Å². The first-order chi connectivity index (χ1) is 14.1. The minimum atomic E-state index is -4.47. The highest BCUT2D eigenvalue weighted by Crippen LogP contribution is 2.45. The third kappa shape index (κ3) is 4.44. The van der Waals surface area contributed by atoms with Gasteiger partial charge >= 0.3 is 6.18 Å². The summed E-state index contributed by atoms with van der Waals surface area (Å²) >= 11 is 0. The van der Waals surface area contributed by atoms with Crippen molar-refractivity contribution in [3.05, 3.63) is 23.5 Å². The Kier molecular flexibility index (Phi) is 5.01. The quantitative estimate of drug-likeness (QED) is 0.652. The molecule has 0 aromatic carbocycles. The molecule has 1 amide bonds. The molecule has 0 radical (unpaired) electrons. The van der Waals surface area contributed by atoms with Gasteiger partial charge in [-0.3, -0.25) is 9.78 Å². The van der Waals surface area contributed by atoms with E-state index < -0.39 is 29.9 Å². The first-order valence-electron chi connectivity index (χ1n) is 9.95. The van der Waals surface area contributed by atoms with Crippen LogP contribution in [0.1, 0.15) is 67.9 Å². The van der Waals surface area contributed by atoms with E-state index in [1.165, 1.54) is 12.3 Å². The topological polar surface area (TPSA) is 101 Å². The molecular weight excluding hydrogens is 401 g/mol. The monoisotopic (exact) mass is 424 g/mol. The van der Waals surface area contributed by atoms with E-state index in [9.17, 15) is 18.0 Å². The molecule has 3 aliphatic rings. The van der Waals surface area contributed by atoms with Gasteiger partial charge in [0.1, 0.15) is 11.4 Å². The summed E-state index contributed by atoms with van der Waals surface area (Å²) in [6.07, 6.45) is 1.44. The number of hydrogen-bond acceptors (Lipinski definition) is 7. The maximum Gasteiger partial charge on any atom is 0.422 e. The number of alkyl halides is 3. The van der Waals surface area contributed by atoms with Crippen LogP contribution in [0.25, 0.3) is 0 Å². The zero-order valence-corrected chi connectivity index (χ0v) is 16.7. The molecule has 2 fully saturated rings. The highest BCUT2D eigenvalue weighted by molar-refractivity contribution is 5.93. The van der Waals surface area contributed by atoms with Gasteiger partial charge in [-0.25, -0.2) is 0 Å². The largest absolute Gasteiger partial charge is 0.484 e. The number of ether oxygens (including phenoxy) is 1. The number of nitrogens with zero attached hydrogens (tertiary/aromatic N) is 5. The van der Waals surface area contributed by atoms with Gasteiger partial charge in [0.05, 0.1) is 5.54 Å². The van der Waals surface area contributed by atoms with Crippen molar-refractivity contribution in [2.45, 2.75) is 69.2 Å². The third-order valence-electron chi connectivity index (χ3n) is 5.88. The number of carbonyl (C=O) groups excluding carboxylic acids is 1. The second-order valence-corrected chi connectivity index (χ2v) is 8.62. The second kappa shape index (κ2) is 7.28. The van der Waals surface area contributed by atoms with E-state index in [4.69, 9.17) is 4.74 Å². The molecule has 0 bridgehead atoms. The molecule has 0 unspecified atom stereocenters. The number of halogens is 3. The predicted octanol–water partition coefficient (Wildman–Crippen LogP) is 4.74. The molecule has 2 heterocycles. The van der Waals surface area contributed by atoms with Crippen molar-refractivity contribution in [3.63, 3.8) is 0 Å². The van der Waals surface area contributed by atoms with Gasteiger partial charge in [-0.2, -0.15) is 13.2 Å². The average Bonchev–Trinajstić information content (AvgIpc) is 3.60. The third-order valence-corrected chi connectivity index (χ3v) is 5.88. The van der Waals surface area contributed by atoms with Crippen LogP contribution in [0.3, 0.4) is 0 Å². The van der Waals surface area contributed by atoms with E-state index in [1.54, 1.807) is 6.92 Å². The van der Waals surface area contributed by atoms with Gasteiger partial charge in [0.25, 0.3) is 5.91 Å². The summed E-state index contributed by atoms with van der Waals surface area (Å²) in [6.45, 7) is 2.14. The lowest BCUT2D eigenvalue weighted by molar-refractivity contribution is -0.153. The standard InChI is InChI=1S/C19H23F3N6O2/c1-17(8-11-3-4-11,18(2)25-27-28-26-18)24-16(29)14-7-15(30-10-19(20,21)22)13(9-23-14)12-5-6-12/h7,9,11-12H,3-6,8,10H2,1-2H3,(H,24,29)/t17-/m1/s1. The molecule has 1 aromatic rings. The maximum absolute atomic E-state index is 13.0. The van der Waals surface area contributed by atoms with E-state index in [-0.39, 0.29) is 17.4 Å².